The van der Waals surface area contributed by atoms with Crippen molar-refractivity contribution in [3.8, 4) is 0 Å². The summed E-state index contributed by atoms with van der Waals surface area (Å²) in [6.07, 6.45) is 2.17. The molecule has 2 amide bonds. The Hall–Kier alpha value is -1.26. The summed E-state index contributed by atoms with van der Waals surface area (Å²) in [4.78, 5) is 25.8. The van der Waals surface area contributed by atoms with Crippen LogP contribution in [0.15, 0.2) is 18.2 Å². The first-order chi connectivity index (χ1) is 10.1. The Balaban J connectivity index is 1.75. The molecule has 21 heavy (non-hydrogen) atoms. The van der Waals surface area contributed by atoms with Crippen molar-refractivity contribution in [1.82, 2.24) is 10.2 Å². The average molecular weight is 327 g/mol. The molecular formula is C15H16Cl2N2O2. The number of likely N-dealkylation sites (tertiary alicyclic amines) is 1. The summed E-state index contributed by atoms with van der Waals surface area (Å²) in [6.45, 7) is 1.29. The van der Waals surface area contributed by atoms with Crippen molar-refractivity contribution in [2.75, 3.05) is 13.1 Å². The quantitative estimate of drug-likeness (QED) is 0.862. The van der Waals surface area contributed by atoms with Crippen molar-refractivity contribution in [2.24, 2.45) is 5.92 Å². The first kappa shape index (κ1) is 14.7. The zero-order chi connectivity index (χ0) is 15.0. The fraction of sp³-hybridized carbons (Fsp3) is 0.467. The van der Waals surface area contributed by atoms with Crippen molar-refractivity contribution < 1.29 is 9.59 Å². The third kappa shape index (κ3) is 2.87. The van der Waals surface area contributed by atoms with E-state index in [1.54, 1.807) is 18.2 Å². The van der Waals surface area contributed by atoms with E-state index in [4.69, 9.17) is 23.2 Å². The van der Waals surface area contributed by atoms with Crippen LogP contribution in [-0.4, -0.2) is 35.8 Å². The number of hydrogen-bond acceptors (Lipinski definition) is 2. The number of amides is 2. The van der Waals surface area contributed by atoms with E-state index >= 15 is 0 Å². The Morgan fingerprint density at radius 2 is 2.10 bits per heavy atom. The minimum atomic E-state index is -0.0853. The average Bonchev–Trinajstić information content (AvgIpc) is 2.49. The standard InChI is InChI=1S/C15H16Cl2N2O2/c16-11-3-1-2-10(14(11)17)15(21)19-7-6-12-9(8-19)4-5-13(20)18-12/h1-3,9,12H,4-8H2,(H,18,20). The summed E-state index contributed by atoms with van der Waals surface area (Å²) in [7, 11) is 0. The van der Waals surface area contributed by atoms with Gasteiger partial charge in [-0.2, -0.15) is 0 Å². The highest BCUT2D eigenvalue weighted by molar-refractivity contribution is 6.43. The zero-order valence-electron chi connectivity index (χ0n) is 11.4. The number of rotatable bonds is 1. The highest BCUT2D eigenvalue weighted by atomic mass is 35.5. The maximum Gasteiger partial charge on any atom is 0.255 e. The number of hydrogen-bond donors (Lipinski definition) is 1. The smallest absolute Gasteiger partial charge is 0.255 e. The Labute approximate surface area is 133 Å². The van der Waals surface area contributed by atoms with Gasteiger partial charge in [-0.05, 0) is 30.9 Å². The molecule has 1 aromatic carbocycles. The van der Waals surface area contributed by atoms with Crippen LogP contribution < -0.4 is 5.32 Å². The number of halogens is 2. The zero-order valence-corrected chi connectivity index (χ0v) is 13.0. The van der Waals surface area contributed by atoms with Crippen LogP contribution in [0.4, 0.5) is 0 Å². The Kier molecular flexibility index (Phi) is 4.09. The lowest BCUT2D eigenvalue weighted by molar-refractivity contribution is -0.125. The molecule has 6 heteroatoms. The van der Waals surface area contributed by atoms with Crippen LogP contribution in [-0.2, 0) is 4.79 Å². The molecule has 2 aliphatic rings. The summed E-state index contributed by atoms with van der Waals surface area (Å²) in [5.74, 6) is 0.366. The lowest BCUT2D eigenvalue weighted by Gasteiger charge is -2.41. The first-order valence-corrected chi connectivity index (χ1v) is 7.84. The van der Waals surface area contributed by atoms with Crippen LogP contribution in [0.1, 0.15) is 29.6 Å². The molecule has 3 rings (SSSR count). The van der Waals surface area contributed by atoms with E-state index in [0.29, 0.717) is 41.0 Å². The molecule has 0 bridgehead atoms. The molecule has 4 nitrogen and oxygen atoms in total. The molecule has 2 heterocycles. The summed E-state index contributed by atoms with van der Waals surface area (Å²) in [6, 6.07) is 5.30. The van der Waals surface area contributed by atoms with E-state index in [0.717, 1.165) is 12.8 Å². The summed E-state index contributed by atoms with van der Waals surface area (Å²) in [5, 5.41) is 3.71. The molecule has 1 N–H and O–H groups in total. The lowest BCUT2D eigenvalue weighted by atomic mass is 9.85. The van der Waals surface area contributed by atoms with Crippen LogP contribution in [0, 0.1) is 5.92 Å². The van der Waals surface area contributed by atoms with E-state index in [1.165, 1.54) is 0 Å². The topological polar surface area (TPSA) is 49.4 Å². The Morgan fingerprint density at radius 3 is 2.90 bits per heavy atom. The SMILES string of the molecule is O=C1CCC2CN(C(=O)c3cccc(Cl)c3Cl)CCC2N1. The Morgan fingerprint density at radius 1 is 1.29 bits per heavy atom. The van der Waals surface area contributed by atoms with Gasteiger partial charge in [0.05, 0.1) is 15.6 Å². The highest BCUT2D eigenvalue weighted by Gasteiger charge is 2.35. The van der Waals surface area contributed by atoms with Gasteiger partial charge in [-0.15, -0.1) is 0 Å². The van der Waals surface area contributed by atoms with Crippen molar-refractivity contribution in [3.63, 3.8) is 0 Å². The molecule has 0 saturated carbocycles. The van der Waals surface area contributed by atoms with Crippen LogP contribution in [0.25, 0.3) is 0 Å². The molecule has 0 aromatic heterocycles. The minimum Gasteiger partial charge on any atom is -0.353 e. The van der Waals surface area contributed by atoms with Gasteiger partial charge in [0.1, 0.15) is 0 Å². The maximum absolute atomic E-state index is 12.6. The number of fused-ring (bicyclic) bond motifs is 1. The van der Waals surface area contributed by atoms with Crippen molar-refractivity contribution in [3.05, 3.63) is 33.8 Å². The molecule has 1 aromatic rings. The first-order valence-electron chi connectivity index (χ1n) is 7.09. The summed E-state index contributed by atoms with van der Waals surface area (Å²) >= 11 is 12.1. The minimum absolute atomic E-state index is 0.0853. The van der Waals surface area contributed by atoms with Crippen LogP contribution >= 0.6 is 23.2 Å². The Bertz CT molecular complexity index is 591. The lowest BCUT2D eigenvalue weighted by Crippen LogP contribution is -2.55. The van der Waals surface area contributed by atoms with Gasteiger partial charge >= 0.3 is 0 Å². The van der Waals surface area contributed by atoms with Gasteiger partial charge in [0.15, 0.2) is 0 Å². The third-order valence-electron chi connectivity index (χ3n) is 4.29. The van der Waals surface area contributed by atoms with Gasteiger partial charge in [-0.25, -0.2) is 0 Å². The number of piperidine rings is 2. The second-order valence-electron chi connectivity index (χ2n) is 5.61. The molecule has 2 saturated heterocycles. The van der Waals surface area contributed by atoms with Gasteiger partial charge in [0.25, 0.3) is 5.91 Å². The molecule has 2 unspecified atom stereocenters. The predicted molar refractivity (Wildman–Crippen MR) is 81.6 cm³/mol. The van der Waals surface area contributed by atoms with E-state index in [2.05, 4.69) is 5.32 Å². The number of carbonyl (C=O) groups excluding carboxylic acids is 2. The highest BCUT2D eigenvalue weighted by Crippen LogP contribution is 2.30. The molecule has 0 spiro atoms. The third-order valence-corrected chi connectivity index (χ3v) is 5.11. The normalized spacial score (nSPS) is 25.2. The fourth-order valence-electron chi connectivity index (χ4n) is 3.13. The van der Waals surface area contributed by atoms with E-state index in [-0.39, 0.29) is 17.9 Å². The molecule has 2 aliphatic heterocycles. The van der Waals surface area contributed by atoms with Gasteiger partial charge in [-0.3, -0.25) is 9.59 Å². The molecular weight excluding hydrogens is 311 g/mol. The largest absolute Gasteiger partial charge is 0.353 e. The van der Waals surface area contributed by atoms with Crippen LogP contribution in [0.5, 0.6) is 0 Å². The maximum atomic E-state index is 12.6. The van der Waals surface area contributed by atoms with Gasteiger partial charge in [-0.1, -0.05) is 29.3 Å². The monoisotopic (exact) mass is 326 g/mol. The summed E-state index contributed by atoms with van der Waals surface area (Å²) in [5.41, 5.74) is 0.447. The van der Waals surface area contributed by atoms with E-state index < -0.39 is 0 Å². The number of nitrogens with zero attached hydrogens (tertiary/aromatic N) is 1. The second-order valence-corrected chi connectivity index (χ2v) is 6.40. The van der Waals surface area contributed by atoms with Crippen molar-refractivity contribution in [2.45, 2.75) is 25.3 Å². The van der Waals surface area contributed by atoms with Gasteiger partial charge < -0.3 is 10.2 Å². The van der Waals surface area contributed by atoms with Crippen molar-refractivity contribution >= 4 is 35.0 Å². The van der Waals surface area contributed by atoms with Gasteiger partial charge in [0.2, 0.25) is 5.91 Å². The van der Waals surface area contributed by atoms with Crippen LogP contribution in [0.2, 0.25) is 10.0 Å². The summed E-state index contributed by atoms with van der Waals surface area (Å²) < 4.78 is 0. The van der Waals surface area contributed by atoms with E-state index in [1.807, 2.05) is 4.90 Å². The van der Waals surface area contributed by atoms with Crippen molar-refractivity contribution in [1.29, 1.82) is 0 Å². The molecule has 0 aliphatic carbocycles. The number of nitrogens with one attached hydrogen (secondary N) is 1. The molecule has 112 valence electrons. The fourth-order valence-corrected chi connectivity index (χ4v) is 3.52. The van der Waals surface area contributed by atoms with E-state index in [9.17, 15) is 9.59 Å². The molecule has 0 radical (unpaired) electrons. The number of carbonyl (C=O) groups is 2. The molecule has 2 fully saturated rings. The van der Waals surface area contributed by atoms with Crippen LogP contribution in [0.3, 0.4) is 0 Å². The number of benzene rings is 1. The molecule has 2 atom stereocenters. The predicted octanol–water partition coefficient (Wildman–Crippen LogP) is 2.73. The van der Waals surface area contributed by atoms with Gasteiger partial charge in [0, 0.05) is 25.6 Å². The second kappa shape index (κ2) is 5.85.